The predicted molar refractivity (Wildman–Crippen MR) is 167 cm³/mol. The van der Waals surface area contributed by atoms with E-state index in [1.165, 1.54) is 24.3 Å². The van der Waals surface area contributed by atoms with E-state index in [0.29, 0.717) is 5.69 Å². The van der Waals surface area contributed by atoms with Gasteiger partial charge in [0.15, 0.2) is 6.04 Å². The summed E-state index contributed by atoms with van der Waals surface area (Å²) in [6, 6.07) is 33.3. The molecule has 9 nitrogen and oxygen atoms in total. The zero-order chi connectivity index (χ0) is 30.0. The number of benzene rings is 4. The summed E-state index contributed by atoms with van der Waals surface area (Å²) in [6.07, 6.45) is 0. The minimum Gasteiger partial charge on any atom is -0.465 e. The van der Waals surface area contributed by atoms with E-state index in [9.17, 15) is 19.7 Å². The summed E-state index contributed by atoms with van der Waals surface area (Å²) in [5, 5.41) is 13.9. The highest BCUT2D eigenvalue weighted by Gasteiger charge is 2.41. The summed E-state index contributed by atoms with van der Waals surface area (Å²) < 4.78 is 11.2. The Labute approximate surface area is 244 Å². The third kappa shape index (κ3) is 6.43. The van der Waals surface area contributed by atoms with Gasteiger partial charge in [0, 0.05) is 17.8 Å². The van der Waals surface area contributed by atoms with Crippen LogP contribution in [0.2, 0.25) is 0 Å². The first-order chi connectivity index (χ1) is 20.4. The van der Waals surface area contributed by atoms with Gasteiger partial charge in [-0.15, -0.1) is 0 Å². The highest BCUT2D eigenvalue weighted by atomic mass is 31.2. The molecule has 0 aliphatic carbocycles. The molecule has 0 fully saturated rings. The molecule has 0 aliphatic heterocycles. The first-order valence-corrected chi connectivity index (χ1v) is 15.2. The third-order valence-electron chi connectivity index (χ3n) is 6.51. The molecule has 0 radical (unpaired) electrons. The highest BCUT2D eigenvalue weighted by molar-refractivity contribution is 7.96. The van der Waals surface area contributed by atoms with Gasteiger partial charge < -0.3 is 14.9 Å². The van der Waals surface area contributed by atoms with Gasteiger partial charge in [-0.2, -0.15) is 0 Å². The lowest BCUT2D eigenvalue weighted by Gasteiger charge is -2.34. The number of nitro groups is 1. The molecular formula is C32H32N3O6P. The van der Waals surface area contributed by atoms with Gasteiger partial charge in [-0.25, -0.2) is 15.0 Å². The number of hydrogen-bond acceptors (Lipinski definition) is 8. The number of non-ortho nitro benzene ring substituents is 1. The average molecular weight is 586 g/mol. The van der Waals surface area contributed by atoms with Gasteiger partial charge in [0.1, 0.15) is 0 Å². The minimum atomic E-state index is -3.08. The van der Waals surface area contributed by atoms with Crippen molar-refractivity contribution in [1.29, 1.82) is 0 Å². The van der Waals surface area contributed by atoms with Crippen LogP contribution in [0, 0.1) is 10.1 Å². The number of carbonyl (C=O) groups is 2. The fourth-order valence-corrected chi connectivity index (χ4v) is 9.24. The standard InChI is InChI=1S/C32H32N3O6P/c1-3-40-31(36)29(34-33-24-20-22-25(23-21-24)35(38)39)30(32(37)41-4-2)42(26-14-8-5-9-15-26,27-16-10-6-11-17-27)28-18-12-7-13-19-28/h5-23,29,33-34H,3-4H2,1-2H3. The number of nitrogens with zero attached hydrogens (tertiary/aromatic N) is 1. The average Bonchev–Trinajstić information content (AvgIpc) is 3.02. The van der Waals surface area contributed by atoms with E-state index in [0.717, 1.165) is 15.9 Å². The fraction of sp³-hybridized carbons (Fsp3) is 0.156. The van der Waals surface area contributed by atoms with Gasteiger partial charge in [-0.05, 0) is 48.8 Å². The second kappa shape index (κ2) is 14.3. The van der Waals surface area contributed by atoms with E-state index in [1.54, 1.807) is 13.8 Å². The smallest absolute Gasteiger partial charge is 0.337 e. The zero-order valence-electron chi connectivity index (χ0n) is 23.3. The maximum Gasteiger partial charge on any atom is 0.337 e. The van der Waals surface area contributed by atoms with Crippen LogP contribution in [0.1, 0.15) is 13.8 Å². The van der Waals surface area contributed by atoms with Gasteiger partial charge >= 0.3 is 11.9 Å². The molecule has 0 spiro atoms. The van der Waals surface area contributed by atoms with Gasteiger partial charge in [0.2, 0.25) is 0 Å². The molecule has 42 heavy (non-hydrogen) atoms. The fourth-order valence-electron chi connectivity index (χ4n) is 4.76. The second-order valence-corrected chi connectivity index (χ2v) is 12.4. The summed E-state index contributed by atoms with van der Waals surface area (Å²) in [5.74, 6) is -1.32. The van der Waals surface area contributed by atoms with Crippen LogP contribution in [0.3, 0.4) is 0 Å². The van der Waals surface area contributed by atoms with Crippen LogP contribution in [-0.4, -0.2) is 41.4 Å². The molecule has 0 saturated carbocycles. The van der Waals surface area contributed by atoms with Gasteiger partial charge in [-0.1, -0.05) is 91.0 Å². The van der Waals surface area contributed by atoms with Crippen LogP contribution in [-0.2, 0) is 19.1 Å². The number of nitro benzene ring substituents is 1. The topological polar surface area (TPSA) is 120 Å². The number of esters is 2. The summed E-state index contributed by atoms with van der Waals surface area (Å²) in [7, 11) is 0. The molecule has 0 bridgehead atoms. The first-order valence-electron chi connectivity index (χ1n) is 13.5. The summed E-state index contributed by atoms with van der Waals surface area (Å²) in [6.45, 7) is 0.500. The Kier molecular flexibility index (Phi) is 10.3. The lowest BCUT2D eigenvalue weighted by molar-refractivity contribution is -0.384. The van der Waals surface area contributed by atoms with Crippen LogP contribution in [0.5, 0.6) is 0 Å². The number of nitrogens with one attached hydrogen (secondary N) is 2. The van der Waals surface area contributed by atoms with Gasteiger partial charge in [0.05, 0.1) is 23.4 Å². The molecule has 0 saturated heterocycles. The molecule has 0 amide bonds. The monoisotopic (exact) mass is 585 g/mol. The van der Waals surface area contributed by atoms with Crippen LogP contribution >= 0.6 is 6.89 Å². The maximum atomic E-state index is 14.2. The van der Waals surface area contributed by atoms with Crippen molar-refractivity contribution in [2.24, 2.45) is 0 Å². The van der Waals surface area contributed by atoms with Crippen molar-refractivity contribution in [2.45, 2.75) is 19.9 Å². The largest absolute Gasteiger partial charge is 0.465 e. The second-order valence-electron chi connectivity index (χ2n) is 9.04. The van der Waals surface area contributed by atoms with Crippen molar-refractivity contribution >= 4 is 51.4 Å². The summed E-state index contributed by atoms with van der Waals surface area (Å²) >= 11 is 0. The van der Waals surface area contributed by atoms with Crippen LogP contribution in [0.15, 0.2) is 115 Å². The molecule has 1 atom stereocenters. The van der Waals surface area contributed by atoms with E-state index in [4.69, 9.17) is 9.47 Å². The normalized spacial score (nSPS) is 11.7. The molecule has 4 aromatic carbocycles. The SMILES string of the molecule is CCOC(=O)C(C(NNc1ccc([N+](=O)[O-])cc1)C(=O)OCC)=P(c1ccccc1)(c1ccccc1)c1ccccc1. The van der Waals surface area contributed by atoms with E-state index in [1.807, 2.05) is 91.0 Å². The maximum absolute atomic E-state index is 14.2. The predicted octanol–water partition coefficient (Wildman–Crippen LogP) is 4.17. The Hall–Kier alpha value is -4.72. The minimum absolute atomic E-state index is 0.0801. The molecule has 4 rings (SSSR count). The van der Waals surface area contributed by atoms with Gasteiger partial charge in [0.25, 0.3) is 5.69 Å². The molecule has 0 aromatic heterocycles. The molecule has 0 aliphatic rings. The number of hydrazine groups is 1. The number of hydrogen-bond donors (Lipinski definition) is 2. The highest BCUT2D eigenvalue weighted by Crippen LogP contribution is 2.47. The molecule has 4 aromatic rings. The van der Waals surface area contributed by atoms with E-state index < -0.39 is 29.8 Å². The Morgan fingerprint density at radius 1 is 0.738 bits per heavy atom. The quantitative estimate of drug-likeness (QED) is 0.110. The van der Waals surface area contributed by atoms with Crippen molar-refractivity contribution in [3.63, 3.8) is 0 Å². The molecule has 10 heteroatoms. The van der Waals surface area contributed by atoms with Crippen molar-refractivity contribution in [3.8, 4) is 0 Å². The van der Waals surface area contributed by atoms with Crippen molar-refractivity contribution in [2.75, 3.05) is 18.6 Å². The van der Waals surface area contributed by atoms with E-state index in [2.05, 4.69) is 10.9 Å². The van der Waals surface area contributed by atoms with Crippen LogP contribution in [0.4, 0.5) is 11.4 Å². The lowest BCUT2D eigenvalue weighted by atomic mass is 10.2. The number of anilines is 1. The molecule has 1 unspecified atom stereocenters. The lowest BCUT2D eigenvalue weighted by Crippen LogP contribution is -2.53. The number of rotatable bonds is 12. The Bertz CT molecular complexity index is 1460. The molecule has 2 N–H and O–H groups in total. The first kappa shape index (κ1) is 30.2. The summed E-state index contributed by atoms with van der Waals surface area (Å²) in [4.78, 5) is 38.6. The van der Waals surface area contributed by atoms with E-state index in [-0.39, 0.29) is 24.2 Å². The number of carbonyl (C=O) groups excluding carboxylic acids is 2. The number of ether oxygens (including phenoxy) is 2. The zero-order valence-corrected chi connectivity index (χ0v) is 24.2. The Morgan fingerprint density at radius 3 is 1.60 bits per heavy atom. The third-order valence-corrected chi connectivity index (χ3v) is 10.9. The summed E-state index contributed by atoms with van der Waals surface area (Å²) in [5.41, 5.74) is 6.35. The van der Waals surface area contributed by atoms with Crippen LogP contribution in [0.25, 0.3) is 0 Å². The Morgan fingerprint density at radius 2 is 1.19 bits per heavy atom. The van der Waals surface area contributed by atoms with Crippen molar-refractivity contribution in [1.82, 2.24) is 5.43 Å². The molecule has 216 valence electrons. The molecular weight excluding hydrogens is 553 g/mol. The van der Waals surface area contributed by atoms with E-state index >= 15 is 0 Å². The Balaban J connectivity index is 2.08. The van der Waals surface area contributed by atoms with Gasteiger partial charge in [-0.3, -0.25) is 10.1 Å². The van der Waals surface area contributed by atoms with Crippen LogP contribution < -0.4 is 26.8 Å². The molecule has 0 heterocycles. The van der Waals surface area contributed by atoms with Crippen molar-refractivity contribution < 1.29 is 24.0 Å². The van der Waals surface area contributed by atoms with Crippen molar-refractivity contribution in [3.05, 3.63) is 125 Å².